The number of carbonyl (C=O) groups excluding carboxylic acids is 1. The number of benzene rings is 1. The van der Waals surface area contributed by atoms with Crippen LogP contribution in [-0.2, 0) is 0 Å². The van der Waals surface area contributed by atoms with Crippen LogP contribution in [0.4, 0.5) is 0 Å². The summed E-state index contributed by atoms with van der Waals surface area (Å²) >= 11 is 0. The zero-order valence-corrected chi connectivity index (χ0v) is 11.1. The van der Waals surface area contributed by atoms with Gasteiger partial charge in [-0.3, -0.25) is 4.79 Å². The second-order valence-electron chi connectivity index (χ2n) is 5.01. The molecule has 2 rings (SSSR count). The molecule has 98 valence electrons. The van der Waals surface area contributed by atoms with E-state index in [1.807, 2.05) is 36.1 Å². The first kappa shape index (κ1) is 13.1. The zero-order chi connectivity index (χ0) is 13.1. The van der Waals surface area contributed by atoms with Gasteiger partial charge in [-0.2, -0.15) is 0 Å². The molecule has 0 unspecified atom stereocenters. The quantitative estimate of drug-likeness (QED) is 0.851. The fourth-order valence-electron chi connectivity index (χ4n) is 2.12. The summed E-state index contributed by atoms with van der Waals surface area (Å²) in [6.45, 7) is 5.46. The maximum atomic E-state index is 12.3. The number of likely N-dealkylation sites (N-methyl/N-ethyl adjacent to an activating group) is 1. The van der Waals surface area contributed by atoms with Gasteiger partial charge in [0.05, 0.1) is 0 Å². The summed E-state index contributed by atoms with van der Waals surface area (Å²) in [4.78, 5) is 16.4. The lowest BCUT2D eigenvalue weighted by atomic mass is 10.1. The van der Waals surface area contributed by atoms with Crippen molar-refractivity contribution in [3.05, 3.63) is 35.4 Å². The summed E-state index contributed by atoms with van der Waals surface area (Å²) < 4.78 is 0. The average molecular weight is 247 g/mol. The molecule has 0 spiro atoms. The van der Waals surface area contributed by atoms with Crippen LogP contribution in [0.15, 0.2) is 24.3 Å². The van der Waals surface area contributed by atoms with Crippen molar-refractivity contribution in [2.45, 2.75) is 13.0 Å². The molecule has 1 fully saturated rings. The molecule has 1 saturated heterocycles. The van der Waals surface area contributed by atoms with Crippen LogP contribution >= 0.6 is 0 Å². The largest absolute Gasteiger partial charge is 0.336 e. The molecule has 1 aliphatic rings. The Bertz CT molecular complexity index is 406. The van der Waals surface area contributed by atoms with E-state index in [-0.39, 0.29) is 11.9 Å². The van der Waals surface area contributed by atoms with Gasteiger partial charge in [0.25, 0.3) is 5.91 Å². The Kier molecular flexibility index (Phi) is 3.99. The Hall–Kier alpha value is -1.39. The first-order valence-electron chi connectivity index (χ1n) is 6.41. The van der Waals surface area contributed by atoms with Gasteiger partial charge < -0.3 is 15.5 Å². The molecule has 1 aliphatic heterocycles. The van der Waals surface area contributed by atoms with E-state index >= 15 is 0 Å². The number of hydrogen-bond acceptors (Lipinski definition) is 3. The molecule has 2 N–H and O–H groups in total. The Morgan fingerprint density at radius 3 is 2.22 bits per heavy atom. The molecule has 4 heteroatoms. The van der Waals surface area contributed by atoms with Crippen molar-refractivity contribution in [3.8, 4) is 0 Å². The van der Waals surface area contributed by atoms with Gasteiger partial charge >= 0.3 is 0 Å². The highest BCUT2D eigenvalue weighted by atomic mass is 16.2. The van der Waals surface area contributed by atoms with Crippen LogP contribution in [0, 0.1) is 0 Å². The van der Waals surface area contributed by atoms with Gasteiger partial charge in [-0.25, -0.2) is 0 Å². The molecule has 1 atom stereocenters. The lowest BCUT2D eigenvalue weighted by Crippen LogP contribution is -2.47. The van der Waals surface area contributed by atoms with E-state index in [0.29, 0.717) is 0 Å². The zero-order valence-electron chi connectivity index (χ0n) is 11.1. The highest BCUT2D eigenvalue weighted by Gasteiger charge is 2.20. The van der Waals surface area contributed by atoms with Crippen LogP contribution in [0.1, 0.15) is 28.9 Å². The van der Waals surface area contributed by atoms with Crippen LogP contribution < -0.4 is 5.73 Å². The van der Waals surface area contributed by atoms with Gasteiger partial charge in [-0.1, -0.05) is 12.1 Å². The van der Waals surface area contributed by atoms with Crippen LogP contribution in [0.5, 0.6) is 0 Å². The van der Waals surface area contributed by atoms with E-state index in [4.69, 9.17) is 5.73 Å². The number of amides is 1. The van der Waals surface area contributed by atoms with Gasteiger partial charge in [-0.15, -0.1) is 0 Å². The van der Waals surface area contributed by atoms with E-state index < -0.39 is 0 Å². The van der Waals surface area contributed by atoms with Crippen molar-refractivity contribution in [1.82, 2.24) is 9.80 Å². The minimum absolute atomic E-state index is 0.0118. The molecule has 0 aromatic heterocycles. The molecule has 4 nitrogen and oxygen atoms in total. The fourth-order valence-corrected chi connectivity index (χ4v) is 2.12. The third-order valence-electron chi connectivity index (χ3n) is 3.47. The van der Waals surface area contributed by atoms with Gasteiger partial charge in [0, 0.05) is 37.8 Å². The molecule has 1 aromatic rings. The minimum Gasteiger partial charge on any atom is -0.336 e. The lowest BCUT2D eigenvalue weighted by molar-refractivity contribution is 0.0664. The Morgan fingerprint density at radius 2 is 1.72 bits per heavy atom. The fraction of sp³-hybridized carbons (Fsp3) is 0.500. The molecule has 1 aromatic carbocycles. The van der Waals surface area contributed by atoms with Crippen LogP contribution in [0.25, 0.3) is 0 Å². The van der Waals surface area contributed by atoms with Crippen molar-refractivity contribution in [2.75, 3.05) is 33.2 Å². The van der Waals surface area contributed by atoms with E-state index in [1.165, 1.54) is 0 Å². The first-order valence-corrected chi connectivity index (χ1v) is 6.41. The lowest BCUT2D eigenvalue weighted by Gasteiger charge is -2.32. The summed E-state index contributed by atoms with van der Waals surface area (Å²) in [6, 6.07) is 7.64. The smallest absolute Gasteiger partial charge is 0.253 e. The number of piperazine rings is 1. The van der Waals surface area contributed by atoms with E-state index in [9.17, 15) is 4.79 Å². The standard InChI is InChI=1S/C14H21N3O/c1-11(15)12-3-5-13(6-4-12)14(18)17-9-7-16(2)8-10-17/h3-6,11H,7-10,15H2,1-2H3/t11-/m0/s1. The molecular formula is C14H21N3O. The average Bonchev–Trinajstić information content (AvgIpc) is 2.39. The van der Waals surface area contributed by atoms with Crippen molar-refractivity contribution in [1.29, 1.82) is 0 Å². The predicted octanol–water partition coefficient (Wildman–Crippen LogP) is 1.09. The normalized spacial score (nSPS) is 18.7. The number of nitrogens with zero attached hydrogens (tertiary/aromatic N) is 2. The summed E-state index contributed by atoms with van der Waals surface area (Å²) in [5, 5.41) is 0. The van der Waals surface area contributed by atoms with Crippen molar-refractivity contribution in [3.63, 3.8) is 0 Å². The van der Waals surface area contributed by atoms with Crippen molar-refractivity contribution in [2.24, 2.45) is 5.73 Å². The van der Waals surface area contributed by atoms with Crippen LogP contribution in [0.2, 0.25) is 0 Å². The first-order chi connectivity index (χ1) is 8.58. The number of carbonyl (C=O) groups is 1. The van der Waals surface area contributed by atoms with Gasteiger partial charge in [0.15, 0.2) is 0 Å². The highest BCUT2D eigenvalue weighted by Crippen LogP contribution is 2.13. The summed E-state index contributed by atoms with van der Waals surface area (Å²) in [5.74, 6) is 0.124. The highest BCUT2D eigenvalue weighted by molar-refractivity contribution is 5.94. The Morgan fingerprint density at radius 1 is 1.17 bits per heavy atom. The third-order valence-corrected chi connectivity index (χ3v) is 3.47. The monoisotopic (exact) mass is 247 g/mol. The topological polar surface area (TPSA) is 49.6 Å². The molecule has 0 radical (unpaired) electrons. The minimum atomic E-state index is 0.0118. The molecular weight excluding hydrogens is 226 g/mol. The van der Waals surface area contributed by atoms with Gasteiger partial charge in [0.1, 0.15) is 0 Å². The van der Waals surface area contributed by atoms with Crippen LogP contribution in [0.3, 0.4) is 0 Å². The second-order valence-corrected chi connectivity index (χ2v) is 5.01. The molecule has 0 saturated carbocycles. The third kappa shape index (κ3) is 2.89. The Balaban J connectivity index is 2.04. The van der Waals surface area contributed by atoms with Gasteiger partial charge in [-0.05, 0) is 31.7 Å². The predicted molar refractivity (Wildman–Crippen MR) is 72.4 cm³/mol. The van der Waals surface area contributed by atoms with Gasteiger partial charge in [0.2, 0.25) is 0 Å². The van der Waals surface area contributed by atoms with E-state index in [1.54, 1.807) is 0 Å². The molecule has 1 heterocycles. The van der Waals surface area contributed by atoms with E-state index in [2.05, 4.69) is 11.9 Å². The maximum absolute atomic E-state index is 12.3. The van der Waals surface area contributed by atoms with E-state index in [0.717, 1.165) is 37.3 Å². The second kappa shape index (κ2) is 5.50. The number of rotatable bonds is 2. The van der Waals surface area contributed by atoms with Crippen LogP contribution in [-0.4, -0.2) is 48.9 Å². The molecule has 1 amide bonds. The van der Waals surface area contributed by atoms with Crippen molar-refractivity contribution < 1.29 is 4.79 Å². The molecule has 0 aliphatic carbocycles. The van der Waals surface area contributed by atoms with Crippen molar-refractivity contribution >= 4 is 5.91 Å². The molecule has 18 heavy (non-hydrogen) atoms. The SMILES string of the molecule is C[C@H](N)c1ccc(C(=O)N2CCN(C)CC2)cc1. The summed E-state index contributed by atoms with van der Waals surface area (Å²) in [5.41, 5.74) is 7.61. The molecule has 0 bridgehead atoms. The number of nitrogens with two attached hydrogens (primary N) is 1. The Labute approximate surface area is 108 Å². The maximum Gasteiger partial charge on any atom is 0.253 e. The summed E-state index contributed by atoms with van der Waals surface area (Å²) in [6.07, 6.45) is 0. The summed E-state index contributed by atoms with van der Waals surface area (Å²) in [7, 11) is 2.08. The number of hydrogen-bond donors (Lipinski definition) is 1.